The maximum absolute atomic E-state index is 13.7. The van der Waals surface area contributed by atoms with Crippen molar-refractivity contribution >= 4 is 27.5 Å². The Morgan fingerprint density at radius 1 is 1.37 bits per heavy atom. The summed E-state index contributed by atoms with van der Waals surface area (Å²) in [7, 11) is 0. The predicted octanol–water partition coefficient (Wildman–Crippen LogP) is 2.82. The average molecular weight is 276 g/mol. The van der Waals surface area contributed by atoms with Crippen molar-refractivity contribution in [3.05, 3.63) is 40.9 Å². The number of anilines is 1. The molecule has 0 saturated heterocycles. The molecule has 2 N–H and O–H groups in total. The van der Waals surface area contributed by atoms with E-state index in [4.69, 9.17) is 5.73 Å². The number of para-hydroxylation sites is 1. The van der Waals surface area contributed by atoms with E-state index in [1.165, 1.54) is 17.4 Å². The van der Waals surface area contributed by atoms with Crippen LogP contribution in [0.2, 0.25) is 0 Å². The van der Waals surface area contributed by atoms with E-state index in [0.717, 1.165) is 23.6 Å². The maximum Gasteiger partial charge on any atom is 0.180 e. The minimum absolute atomic E-state index is 0.288. The van der Waals surface area contributed by atoms with Crippen molar-refractivity contribution in [2.45, 2.75) is 19.9 Å². The fourth-order valence-corrected chi connectivity index (χ4v) is 2.78. The number of hydrogen-bond acceptors (Lipinski definition) is 4. The van der Waals surface area contributed by atoms with Gasteiger partial charge in [-0.1, -0.05) is 6.07 Å². The smallest absolute Gasteiger partial charge is 0.180 e. The van der Waals surface area contributed by atoms with E-state index in [-0.39, 0.29) is 5.82 Å². The lowest BCUT2D eigenvalue weighted by Crippen LogP contribution is -2.03. The molecule has 0 spiro atoms. The Labute approximate surface area is 113 Å². The van der Waals surface area contributed by atoms with Crippen LogP contribution in [0.15, 0.2) is 23.6 Å². The second-order valence-electron chi connectivity index (χ2n) is 4.23. The molecule has 0 aliphatic heterocycles. The van der Waals surface area contributed by atoms with Gasteiger partial charge in [-0.3, -0.25) is 0 Å². The summed E-state index contributed by atoms with van der Waals surface area (Å²) in [5, 5.41) is 2.45. The third kappa shape index (κ3) is 2.08. The van der Waals surface area contributed by atoms with Crippen LogP contribution in [0.5, 0.6) is 0 Å². The summed E-state index contributed by atoms with van der Waals surface area (Å²) in [5.74, 6) is 0.525. The Morgan fingerprint density at radius 3 is 2.89 bits per heavy atom. The van der Waals surface area contributed by atoms with Gasteiger partial charge in [-0.05, 0) is 19.1 Å². The number of benzene rings is 1. The third-order valence-corrected chi connectivity index (χ3v) is 3.76. The molecule has 0 amide bonds. The Kier molecular flexibility index (Phi) is 2.94. The largest absolute Gasteiger partial charge is 0.375 e. The van der Waals surface area contributed by atoms with Crippen LogP contribution in [0.1, 0.15) is 18.4 Å². The first-order valence-corrected chi connectivity index (χ1v) is 6.90. The molecule has 19 heavy (non-hydrogen) atoms. The van der Waals surface area contributed by atoms with Crippen LogP contribution >= 0.6 is 11.3 Å². The first kappa shape index (κ1) is 12.1. The molecular formula is C13H13FN4S. The van der Waals surface area contributed by atoms with Crippen molar-refractivity contribution in [1.82, 2.24) is 14.5 Å². The molecular weight excluding hydrogens is 263 g/mol. The normalized spacial score (nSPS) is 11.3. The van der Waals surface area contributed by atoms with Gasteiger partial charge in [-0.15, -0.1) is 11.3 Å². The number of thiazole rings is 1. The molecule has 0 aliphatic carbocycles. The minimum atomic E-state index is -0.288. The number of nitrogens with two attached hydrogens (primary N) is 1. The van der Waals surface area contributed by atoms with Gasteiger partial charge in [-0.25, -0.2) is 14.4 Å². The van der Waals surface area contributed by atoms with Gasteiger partial charge in [0.05, 0.1) is 11.2 Å². The molecule has 0 unspecified atom stereocenters. The number of halogens is 1. The molecule has 6 heteroatoms. The molecule has 0 atom stereocenters. The van der Waals surface area contributed by atoms with Gasteiger partial charge >= 0.3 is 0 Å². The average Bonchev–Trinajstić information content (AvgIpc) is 2.94. The fraction of sp³-hybridized carbons (Fsp3) is 0.231. The summed E-state index contributed by atoms with van der Waals surface area (Å²) in [6.45, 7) is 2.76. The highest BCUT2D eigenvalue weighted by Crippen LogP contribution is 2.22. The molecule has 2 aromatic heterocycles. The van der Waals surface area contributed by atoms with Gasteiger partial charge in [0.2, 0.25) is 0 Å². The zero-order valence-electron chi connectivity index (χ0n) is 10.4. The zero-order chi connectivity index (χ0) is 13.4. The summed E-state index contributed by atoms with van der Waals surface area (Å²) in [6, 6.07) is 5.02. The Hall–Kier alpha value is -1.95. The van der Waals surface area contributed by atoms with Gasteiger partial charge in [0.15, 0.2) is 10.9 Å². The van der Waals surface area contributed by atoms with Crippen molar-refractivity contribution in [3.63, 3.8) is 0 Å². The van der Waals surface area contributed by atoms with Crippen molar-refractivity contribution in [2.75, 3.05) is 5.73 Å². The van der Waals surface area contributed by atoms with E-state index in [9.17, 15) is 4.39 Å². The lowest BCUT2D eigenvalue weighted by molar-refractivity contribution is 0.637. The van der Waals surface area contributed by atoms with Gasteiger partial charge < -0.3 is 10.3 Å². The van der Waals surface area contributed by atoms with Gasteiger partial charge in [-0.2, -0.15) is 0 Å². The van der Waals surface area contributed by atoms with Gasteiger partial charge in [0, 0.05) is 18.3 Å². The number of nitrogen functional groups attached to an aromatic ring is 1. The number of fused-ring (bicyclic) bond motifs is 1. The third-order valence-electron chi connectivity index (χ3n) is 3.03. The van der Waals surface area contributed by atoms with Gasteiger partial charge in [0.1, 0.15) is 11.3 Å². The van der Waals surface area contributed by atoms with Crippen LogP contribution in [0.4, 0.5) is 9.52 Å². The molecule has 2 heterocycles. The molecule has 3 rings (SSSR count). The minimum Gasteiger partial charge on any atom is -0.375 e. The number of rotatable bonds is 3. The van der Waals surface area contributed by atoms with E-state index in [1.807, 2.05) is 22.9 Å². The maximum atomic E-state index is 13.7. The van der Waals surface area contributed by atoms with Crippen molar-refractivity contribution < 1.29 is 4.39 Å². The molecule has 0 aliphatic rings. The second kappa shape index (κ2) is 4.62. The van der Waals surface area contributed by atoms with Crippen LogP contribution in [0, 0.1) is 5.82 Å². The van der Waals surface area contributed by atoms with Crippen LogP contribution in [0.25, 0.3) is 11.0 Å². The topological polar surface area (TPSA) is 56.7 Å². The van der Waals surface area contributed by atoms with E-state index in [0.29, 0.717) is 17.1 Å². The molecule has 0 fully saturated rings. The highest BCUT2D eigenvalue weighted by molar-refractivity contribution is 7.13. The number of imidazole rings is 1. The monoisotopic (exact) mass is 276 g/mol. The van der Waals surface area contributed by atoms with E-state index < -0.39 is 0 Å². The molecule has 3 aromatic rings. The molecule has 1 aromatic carbocycles. The molecule has 0 saturated carbocycles. The number of nitrogens with zero attached hydrogens (tertiary/aromatic N) is 3. The van der Waals surface area contributed by atoms with E-state index >= 15 is 0 Å². The Morgan fingerprint density at radius 2 is 2.21 bits per heavy atom. The predicted molar refractivity (Wildman–Crippen MR) is 74.7 cm³/mol. The SMILES string of the molecule is CCn1c(Cc2csc(N)n2)nc2c(F)cccc21. The lowest BCUT2D eigenvalue weighted by Gasteiger charge is -2.04. The summed E-state index contributed by atoms with van der Waals surface area (Å²) in [6.07, 6.45) is 0.565. The summed E-state index contributed by atoms with van der Waals surface area (Å²) < 4.78 is 15.8. The second-order valence-corrected chi connectivity index (χ2v) is 5.12. The lowest BCUT2D eigenvalue weighted by atomic mass is 10.3. The van der Waals surface area contributed by atoms with Crippen molar-refractivity contribution in [1.29, 1.82) is 0 Å². The molecule has 4 nitrogen and oxygen atoms in total. The summed E-state index contributed by atoms with van der Waals surface area (Å²) in [5.41, 5.74) is 7.73. The van der Waals surface area contributed by atoms with E-state index in [2.05, 4.69) is 9.97 Å². The quantitative estimate of drug-likeness (QED) is 0.800. The number of aromatic nitrogens is 3. The standard InChI is InChI=1S/C13H13FN4S/c1-2-18-10-5-3-4-9(14)12(10)17-11(18)6-8-7-19-13(15)16-8/h3-5,7H,2,6H2,1H3,(H2,15,16). The number of hydrogen-bond donors (Lipinski definition) is 1. The molecule has 0 radical (unpaired) electrons. The van der Waals surface area contributed by atoms with E-state index in [1.54, 1.807) is 6.07 Å². The Balaban J connectivity index is 2.10. The molecule has 98 valence electrons. The van der Waals surface area contributed by atoms with Crippen LogP contribution in [-0.2, 0) is 13.0 Å². The Bertz CT molecular complexity index is 731. The highest BCUT2D eigenvalue weighted by Gasteiger charge is 2.13. The number of aryl methyl sites for hydroxylation is 1. The van der Waals surface area contributed by atoms with Gasteiger partial charge in [0.25, 0.3) is 0 Å². The highest BCUT2D eigenvalue weighted by atomic mass is 32.1. The van der Waals surface area contributed by atoms with Crippen molar-refractivity contribution in [3.8, 4) is 0 Å². The summed E-state index contributed by atoms with van der Waals surface area (Å²) in [4.78, 5) is 8.62. The summed E-state index contributed by atoms with van der Waals surface area (Å²) >= 11 is 1.40. The van der Waals surface area contributed by atoms with Crippen LogP contribution in [-0.4, -0.2) is 14.5 Å². The fourth-order valence-electron chi connectivity index (χ4n) is 2.21. The first-order valence-electron chi connectivity index (χ1n) is 6.02. The van der Waals surface area contributed by atoms with Crippen molar-refractivity contribution in [2.24, 2.45) is 0 Å². The van der Waals surface area contributed by atoms with Crippen LogP contribution in [0.3, 0.4) is 0 Å². The zero-order valence-corrected chi connectivity index (χ0v) is 11.2. The molecule has 0 bridgehead atoms. The first-order chi connectivity index (χ1) is 9.19. The van der Waals surface area contributed by atoms with Crippen LogP contribution < -0.4 is 5.73 Å².